The summed E-state index contributed by atoms with van der Waals surface area (Å²) in [6, 6.07) is 10.4. The van der Waals surface area contributed by atoms with E-state index in [1.807, 2.05) is 12.1 Å². The lowest BCUT2D eigenvalue weighted by Crippen LogP contribution is -2.52. The van der Waals surface area contributed by atoms with Gasteiger partial charge in [-0.2, -0.15) is 0 Å². The van der Waals surface area contributed by atoms with E-state index >= 15 is 0 Å². The molecule has 5 nitrogen and oxygen atoms in total. The lowest BCUT2D eigenvalue weighted by Gasteiger charge is -2.41. The van der Waals surface area contributed by atoms with Crippen LogP contribution in [0.25, 0.3) is 0 Å². The van der Waals surface area contributed by atoms with Gasteiger partial charge in [-0.15, -0.1) is 0 Å². The number of thiocarbonyl (C=S) groups is 1. The third-order valence-corrected chi connectivity index (χ3v) is 4.84. The second kappa shape index (κ2) is 7.19. The van der Waals surface area contributed by atoms with E-state index in [0.29, 0.717) is 0 Å². The Kier molecular flexibility index (Phi) is 5.14. The summed E-state index contributed by atoms with van der Waals surface area (Å²) in [6.45, 7) is 8.13. The fourth-order valence-electron chi connectivity index (χ4n) is 3.37. The van der Waals surface area contributed by atoms with E-state index in [2.05, 4.69) is 60.0 Å². The van der Waals surface area contributed by atoms with Gasteiger partial charge in [0.25, 0.3) is 0 Å². The minimum absolute atomic E-state index is 0.0286. The summed E-state index contributed by atoms with van der Waals surface area (Å²) in [5, 5.41) is 4.22. The first-order valence-corrected chi connectivity index (χ1v) is 9.20. The summed E-state index contributed by atoms with van der Waals surface area (Å²) < 4.78 is 13.2. The predicted octanol–water partition coefficient (Wildman–Crippen LogP) is 3.58. The summed E-state index contributed by atoms with van der Waals surface area (Å²) >= 11 is 5.76. The maximum Gasteiger partial charge on any atom is 0.170 e. The second-order valence-electron chi connectivity index (χ2n) is 7.52. The van der Waals surface area contributed by atoms with Crippen LogP contribution in [0, 0.1) is 0 Å². The van der Waals surface area contributed by atoms with Crippen LogP contribution < -0.4 is 14.8 Å². The zero-order valence-corrected chi connectivity index (χ0v) is 16.9. The highest BCUT2D eigenvalue weighted by Crippen LogP contribution is 2.37. The van der Waals surface area contributed by atoms with Gasteiger partial charge >= 0.3 is 0 Å². The van der Waals surface area contributed by atoms with Crippen molar-refractivity contribution < 1.29 is 9.47 Å². The highest BCUT2D eigenvalue weighted by molar-refractivity contribution is 7.80. The smallest absolute Gasteiger partial charge is 0.170 e. The summed E-state index contributed by atoms with van der Waals surface area (Å²) in [5.74, 6) is 1.45. The fourth-order valence-corrected chi connectivity index (χ4v) is 3.87. The number of benzene rings is 1. The molecule has 6 heteroatoms. The van der Waals surface area contributed by atoms with Crippen LogP contribution in [0.5, 0.6) is 11.5 Å². The van der Waals surface area contributed by atoms with E-state index < -0.39 is 0 Å². The molecule has 26 heavy (non-hydrogen) atoms. The molecule has 0 fully saturated rings. The van der Waals surface area contributed by atoms with Gasteiger partial charge in [-0.05, 0) is 62.8 Å². The summed E-state index contributed by atoms with van der Waals surface area (Å²) in [6.07, 6.45) is 2.13. The highest BCUT2D eigenvalue weighted by atomic mass is 32.1. The molecule has 0 amide bonds. The summed E-state index contributed by atoms with van der Waals surface area (Å²) in [7, 11) is 3.31. The fraction of sp³-hybridized carbons (Fsp3) is 0.450. The van der Waals surface area contributed by atoms with Crippen LogP contribution in [-0.2, 0) is 6.54 Å². The number of ether oxygens (including phenoxy) is 2. The Morgan fingerprint density at radius 3 is 2.50 bits per heavy atom. The van der Waals surface area contributed by atoms with Gasteiger partial charge in [0.2, 0.25) is 0 Å². The standard InChI is InChI=1S/C20H27N3O2S/c1-20(2,3)21-19(26)23-12-11-22-10-6-7-15(22)18(23)14-8-9-16(24-4)17(13-14)25-5/h6-10,13,18H,11-12H2,1-5H3,(H,21,26)/t18-/m1/s1. The molecule has 1 atom stereocenters. The van der Waals surface area contributed by atoms with E-state index in [1.54, 1.807) is 14.2 Å². The summed E-state index contributed by atoms with van der Waals surface area (Å²) in [5.41, 5.74) is 2.26. The third kappa shape index (κ3) is 3.65. The SMILES string of the molecule is COc1ccc([C@@H]2c3cccn3CCN2C(=S)NC(C)(C)C)cc1OC. The van der Waals surface area contributed by atoms with Crippen LogP contribution in [0.1, 0.15) is 38.1 Å². The van der Waals surface area contributed by atoms with Crippen molar-refractivity contribution in [2.75, 3.05) is 20.8 Å². The van der Waals surface area contributed by atoms with Crippen LogP contribution >= 0.6 is 12.2 Å². The molecule has 0 saturated carbocycles. The Bertz CT molecular complexity index is 795. The largest absolute Gasteiger partial charge is 0.493 e. The molecule has 0 bridgehead atoms. The van der Waals surface area contributed by atoms with Crippen LogP contribution in [0.2, 0.25) is 0 Å². The van der Waals surface area contributed by atoms with Gasteiger partial charge < -0.3 is 24.3 Å². The van der Waals surface area contributed by atoms with E-state index in [9.17, 15) is 0 Å². The Balaban J connectivity index is 2.03. The van der Waals surface area contributed by atoms with Gasteiger partial charge in [-0.1, -0.05) is 6.07 Å². The van der Waals surface area contributed by atoms with E-state index in [1.165, 1.54) is 5.69 Å². The van der Waals surface area contributed by atoms with E-state index in [4.69, 9.17) is 21.7 Å². The number of methoxy groups -OCH3 is 2. The van der Waals surface area contributed by atoms with Gasteiger partial charge in [0.05, 0.1) is 20.3 Å². The number of hydrogen-bond donors (Lipinski definition) is 1. The van der Waals surface area contributed by atoms with Gasteiger partial charge in [-0.3, -0.25) is 0 Å². The molecule has 140 valence electrons. The molecule has 2 aromatic rings. The van der Waals surface area contributed by atoms with Gasteiger partial charge in [0, 0.05) is 30.5 Å². The van der Waals surface area contributed by atoms with Crippen LogP contribution in [0.3, 0.4) is 0 Å². The molecular weight excluding hydrogens is 346 g/mol. The molecule has 0 saturated heterocycles. The molecule has 3 rings (SSSR count). The topological polar surface area (TPSA) is 38.7 Å². The quantitative estimate of drug-likeness (QED) is 0.833. The molecule has 0 unspecified atom stereocenters. The molecule has 0 aliphatic carbocycles. The predicted molar refractivity (Wildman–Crippen MR) is 108 cm³/mol. The first-order chi connectivity index (χ1) is 12.3. The maximum absolute atomic E-state index is 5.76. The van der Waals surface area contributed by atoms with Crippen LogP contribution in [-0.4, -0.2) is 40.9 Å². The molecular formula is C20H27N3O2S. The molecule has 0 spiro atoms. The zero-order valence-electron chi connectivity index (χ0n) is 16.1. The van der Waals surface area contributed by atoms with Crippen molar-refractivity contribution >= 4 is 17.3 Å². The summed E-state index contributed by atoms with van der Waals surface area (Å²) in [4.78, 5) is 2.26. The van der Waals surface area contributed by atoms with Crippen molar-refractivity contribution in [1.29, 1.82) is 0 Å². The van der Waals surface area contributed by atoms with Crippen molar-refractivity contribution in [3.05, 3.63) is 47.8 Å². The minimum Gasteiger partial charge on any atom is -0.493 e. The molecule has 1 aliphatic rings. The highest BCUT2D eigenvalue weighted by Gasteiger charge is 2.32. The molecule has 0 radical (unpaired) electrons. The number of hydrogen-bond acceptors (Lipinski definition) is 3. The third-order valence-electron chi connectivity index (χ3n) is 4.50. The van der Waals surface area contributed by atoms with Crippen molar-refractivity contribution in [2.24, 2.45) is 0 Å². The second-order valence-corrected chi connectivity index (χ2v) is 7.90. The molecule has 1 aliphatic heterocycles. The van der Waals surface area contributed by atoms with Crippen molar-refractivity contribution in [3.63, 3.8) is 0 Å². The number of rotatable bonds is 3. The monoisotopic (exact) mass is 373 g/mol. The van der Waals surface area contributed by atoms with Crippen molar-refractivity contribution in [3.8, 4) is 11.5 Å². The maximum atomic E-state index is 5.76. The van der Waals surface area contributed by atoms with Crippen molar-refractivity contribution in [2.45, 2.75) is 38.9 Å². The molecule has 1 N–H and O–H groups in total. The number of fused-ring (bicyclic) bond motifs is 1. The number of nitrogens with zero attached hydrogens (tertiary/aromatic N) is 2. The average Bonchev–Trinajstić information content (AvgIpc) is 3.07. The van der Waals surface area contributed by atoms with E-state index in [-0.39, 0.29) is 11.6 Å². The van der Waals surface area contributed by atoms with Crippen molar-refractivity contribution in [1.82, 2.24) is 14.8 Å². The molecule has 2 heterocycles. The normalized spacial score (nSPS) is 16.8. The average molecular weight is 374 g/mol. The lowest BCUT2D eigenvalue weighted by atomic mass is 9.99. The Morgan fingerprint density at radius 2 is 1.85 bits per heavy atom. The van der Waals surface area contributed by atoms with Gasteiger partial charge in [-0.25, -0.2) is 0 Å². The Morgan fingerprint density at radius 1 is 1.12 bits per heavy atom. The first kappa shape index (κ1) is 18.6. The Labute approximate surface area is 160 Å². The zero-order chi connectivity index (χ0) is 18.9. The van der Waals surface area contributed by atoms with Gasteiger partial charge in [0.15, 0.2) is 16.6 Å². The molecule has 1 aromatic heterocycles. The minimum atomic E-state index is -0.0847. The first-order valence-electron chi connectivity index (χ1n) is 8.80. The number of aromatic nitrogens is 1. The van der Waals surface area contributed by atoms with Crippen LogP contribution in [0.4, 0.5) is 0 Å². The van der Waals surface area contributed by atoms with Crippen LogP contribution in [0.15, 0.2) is 36.5 Å². The molecule has 1 aromatic carbocycles. The van der Waals surface area contributed by atoms with Gasteiger partial charge in [0.1, 0.15) is 0 Å². The lowest BCUT2D eigenvalue weighted by molar-refractivity contribution is 0.277. The number of nitrogens with one attached hydrogen (secondary N) is 1. The Hall–Kier alpha value is -2.21. The van der Waals surface area contributed by atoms with E-state index in [0.717, 1.165) is 35.3 Å².